The minimum atomic E-state index is -0.501. The first-order chi connectivity index (χ1) is 12.9. The van der Waals surface area contributed by atoms with Gasteiger partial charge in [0.25, 0.3) is 11.6 Å². The van der Waals surface area contributed by atoms with Gasteiger partial charge in [-0.3, -0.25) is 14.9 Å². The highest BCUT2D eigenvalue weighted by Gasteiger charge is 2.23. The maximum atomic E-state index is 12.2. The minimum absolute atomic E-state index is 0.0118. The lowest BCUT2D eigenvalue weighted by Crippen LogP contribution is -2.22. The van der Waals surface area contributed by atoms with Crippen LogP contribution in [0.1, 0.15) is 52.7 Å². The van der Waals surface area contributed by atoms with Crippen molar-refractivity contribution in [2.24, 2.45) is 0 Å². The van der Waals surface area contributed by atoms with Gasteiger partial charge >= 0.3 is 0 Å². The second kappa shape index (κ2) is 8.00. The summed E-state index contributed by atoms with van der Waals surface area (Å²) in [6.07, 6.45) is 0. The van der Waals surface area contributed by atoms with Gasteiger partial charge in [0.15, 0.2) is 6.61 Å². The molecule has 0 radical (unpaired) electrons. The lowest BCUT2D eigenvalue weighted by Gasteiger charge is -2.27. The molecule has 0 atom stereocenters. The monoisotopic (exact) mass is 384 g/mol. The zero-order valence-electron chi connectivity index (χ0n) is 17.3. The van der Waals surface area contributed by atoms with Crippen LogP contribution >= 0.6 is 0 Å². The van der Waals surface area contributed by atoms with E-state index in [1.54, 1.807) is 6.07 Å². The lowest BCUT2D eigenvalue weighted by atomic mass is 9.80. The molecule has 0 saturated heterocycles. The third-order valence-electron chi connectivity index (χ3n) is 4.35. The predicted octanol–water partition coefficient (Wildman–Crippen LogP) is 5.21. The van der Waals surface area contributed by atoms with Crippen LogP contribution < -0.4 is 10.1 Å². The average Bonchev–Trinajstić information content (AvgIpc) is 2.58. The summed E-state index contributed by atoms with van der Waals surface area (Å²) in [6.45, 7) is 12.6. The van der Waals surface area contributed by atoms with E-state index in [0.717, 1.165) is 5.56 Å². The Morgan fingerprint density at radius 3 is 2.29 bits per heavy atom. The fraction of sp³-hybridized carbons (Fsp3) is 0.409. The third-order valence-corrected chi connectivity index (χ3v) is 4.35. The highest BCUT2D eigenvalue weighted by atomic mass is 16.6. The molecule has 150 valence electrons. The summed E-state index contributed by atoms with van der Waals surface area (Å²) in [7, 11) is 0. The van der Waals surface area contributed by atoms with Gasteiger partial charge in [-0.15, -0.1) is 0 Å². The minimum Gasteiger partial charge on any atom is -0.483 e. The number of amides is 1. The zero-order valence-corrected chi connectivity index (χ0v) is 17.3. The van der Waals surface area contributed by atoms with Gasteiger partial charge in [-0.1, -0.05) is 59.7 Å². The topological polar surface area (TPSA) is 81.5 Å². The van der Waals surface area contributed by atoms with E-state index in [1.165, 1.54) is 23.8 Å². The van der Waals surface area contributed by atoms with Crippen LogP contribution in [0.3, 0.4) is 0 Å². The average molecular weight is 384 g/mol. The van der Waals surface area contributed by atoms with Gasteiger partial charge in [-0.25, -0.2) is 0 Å². The highest BCUT2D eigenvalue weighted by Crippen LogP contribution is 2.35. The molecule has 0 fully saturated rings. The molecule has 0 aliphatic heterocycles. The highest BCUT2D eigenvalue weighted by molar-refractivity contribution is 5.92. The molecule has 0 aromatic heterocycles. The number of nitro benzene ring substituents is 1. The van der Waals surface area contributed by atoms with Gasteiger partial charge < -0.3 is 10.1 Å². The van der Waals surface area contributed by atoms with E-state index in [2.05, 4.69) is 52.9 Å². The Kier molecular flexibility index (Phi) is 6.12. The first-order valence-electron chi connectivity index (χ1n) is 9.20. The Labute approximate surface area is 166 Å². The summed E-state index contributed by atoms with van der Waals surface area (Å²) < 4.78 is 5.80. The molecule has 6 nitrogen and oxygen atoms in total. The summed E-state index contributed by atoms with van der Waals surface area (Å²) >= 11 is 0. The number of hydrogen-bond acceptors (Lipinski definition) is 4. The molecule has 0 heterocycles. The standard InChI is InChI=1S/C22H28N2O4/c1-21(2,3)15-10-11-19(18(12-15)22(4,5)6)28-14-20(25)23-16-8-7-9-17(13-16)24(26)27/h7-13H,14H2,1-6H3,(H,23,25). The Balaban J connectivity index is 2.14. The molecule has 0 spiro atoms. The fourth-order valence-corrected chi connectivity index (χ4v) is 2.75. The Morgan fingerprint density at radius 2 is 1.71 bits per heavy atom. The molecule has 0 aliphatic carbocycles. The van der Waals surface area contributed by atoms with Crippen molar-refractivity contribution in [3.63, 3.8) is 0 Å². The number of nitro groups is 1. The SMILES string of the molecule is CC(C)(C)c1ccc(OCC(=O)Nc2cccc([N+](=O)[O-])c2)c(C(C)(C)C)c1. The van der Waals surface area contributed by atoms with Crippen molar-refractivity contribution in [3.8, 4) is 5.75 Å². The van der Waals surface area contributed by atoms with Gasteiger partial charge in [-0.05, 0) is 34.1 Å². The number of nitrogens with one attached hydrogen (secondary N) is 1. The quantitative estimate of drug-likeness (QED) is 0.567. The summed E-state index contributed by atoms with van der Waals surface area (Å²) in [5.74, 6) is 0.287. The van der Waals surface area contributed by atoms with Gasteiger partial charge in [0.1, 0.15) is 5.75 Å². The lowest BCUT2D eigenvalue weighted by molar-refractivity contribution is -0.384. The smallest absolute Gasteiger partial charge is 0.271 e. The van der Waals surface area contributed by atoms with Crippen molar-refractivity contribution in [1.29, 1.82) is 0 Å². The number of rotatable bonds is 5. The molecule has 2 aromatic carbocycles. The van der Waals surface area contributed by atoms with Crippen LogP contribution in [0.25, 0.3) is 0 Å². The Hall–Kier alpha value is -2.89. The summed E-state index contributed by atoms with van der Waals surface area (Å²) in [5, 5.41) is 13.5. The number of anilines is 1. The second-order valence-electron chi connectivity index (χ2n) is 8.86. The van der Waals surface area contributed by atoms with E-state index in [9.17, 15) is 14.9 Å². The molecule has 6 heteroatoms. The Bertz CT molecular complexity index is 877. The molecule has 2 aromatic rings. The summed E-state index contributed by atoms with van der Waals surface area (Å²) in [5.41, 5.74) is 2.38. The molecule has 2 rings (SSSR count). The Morgan fingerprint density at radius 1 is 1.04 bits per heavy atom. The predicted molar refractivity (Wildman–Crippen MR) is 111 cm³/mol. The second-order valence-corrected chi connectivity index (χ2v) is 8.86. The number of nitrogens with zero attached hydrogens (tertiary/aromatic N) is 1. The van der Waals surface area contributed by atoms with E-state index >= 15 is 0 Å². The van der Waals surface area contributed by atoms with Crippen LogP contribution in [-0.2, 0) is 15.6 Å². The number of benzene rings is 2. The largest absolute Gasteiger partial charge is 0.483 e. The van der Waals surface area contributed by atoms with Crippen molar-refractivity contribution < 1.29 is 14.5 Å². The molecule has 0 unspecified atom stereocenters. The van der Waals surface area contributed by atoms with Gasteiger partial charge in [-0.2, -0.15) is 0 Å². The normalized spacial score (nSPS) is 11.8. The fourth-order valence-electron chi connectivity index (χ4n) is 2.75. The summed E-state index contributed by atoms with van der Waals surface area (Å²) in [6, 6.07) is 11.9. The van der Waals surface area contributed by atoms with Crippen LogP contribution in [0, 0.1) is 10.1 Å². The molecule has 0 bridgehead atoms. The first kappa shape index (κ1) is 21.4. The van der Waals surface area contributed by atoms with Crippen molar-refractivity contribution in [2.75, 3.05) is 11.9 Å². The van der Waals surface area contributed by atoms with Gasteiger partial charge in [0.2, 0.25) is 0 Å². The molecule has 28 heavy (non-hydrogen) atoms. The zero-order chi connectivity index (χ0) is 21.1. The number of ether oxygens (including phenoxy) is 1. The van der Waals surface area contributed by atoms with Crippen molar-refractivity contribution in [1.82, 2.24) is 0 Å². The van der Waals surface area contributed by atoms with Gasteiger partial charge in [0.05, 0.1) is 4.92 Å². The van der Waals surface area contributed by atoms with Crippen LogP contribution in [0.2, 0.25) is 0 Å². The van der Waals surface area contributed by atoms with E-state index < -0.39 is 4.92 Å². The molecular weight excluding hydrogens is 356 g/mol. The number of carbonyl (C=O) groups excluding carboxylic acids is 1. The molecule has 1 N–H and O–H groups in total. The number of non-ortho nitro benzene ring substituents is 1. The first-order valence-corrected chi connectivity index (χ1v) is 9.20. The van der Waals surface area contributed by atoms with E-state index in [4.69, 9.17) is 4.74 Å². The van der Waals surface area contributed by atoms with Crippen LogP contribution in [0.15, 0.2) is 42.5 Å². The van der Waals surface area contributed by atoms with E-state index in [-0.39, 0.29) is 29.0 Å². The maximum absolute atomic E-state index is 12.2. The van der Waals surface area contributed by atoms with E-state index in [1.807, 2.05) is 12.1 Å². The van der Waals surface area contributed by atoms with Crippen molar-refractivity contribution >= 4 is 17.3 Å². The number of carbonyl (C=O) groups is 1. The van der Waals surface area contributed by atoms with Crippen molar-refractivity contribution in [3.05, 3.63) is 63.7 Å². The van der Waals surface area contributed by atoms with Crippen LogP contribution in [0.5, 0.6) is 5.75 Å². The maximum Gasteiger partial charge on any atom is 0.271 e. The number of hydrogen-bond donors (Lipinski definition) is 1. The van der Waals surface area contributed by atoms with Gasteiger partial charge in [0, 0.05) is 17.8 Å². The molecule has 0 saturated carbocycles. The molecular formula is C22H28N2O4. The van der Waals surface area contributed by atoms with E-state index in [0.29, 0.717) is 11.4 Å². The van der Waals surface area contributed by atoms with Crippen LogP contribution in [-0.4, -0.2) is 17.4 Å². The molecule has 1 amide bonds. The molecule has 0 aliphatic rings. The van der Waals surface area contributed by atoms with Crippen molar-refractivity contribution in [2.45, 2.75) is 52.4 Å². The van der Waals surface area contributed by atoms with Crippen LogP contribution in [0.4, 0.5) is 11.4 Å². The summed E-state index contributed by atoms with van der Waals surface area (Å²) in [4.78, 5) is 22.6. The third kappa shape index (κ3) is 5.55.